The number of hydrogen-bond donors (Lipinski definition) is 2. The zero-order valence-corrected chi connectivity index (χ0v) is 11.7. The monoisotopic (exact) mass is 290 g/mol. The molecular formula is C13H11ClN4S. The number of nitrogen functional groups attached to an aromatic ring is 1. The van der Waals surface area contributed by atoms with Crippen LogP contribution in [0.5, 0.6) is 0 Å². The number of halogens is 1. The predicted octanol–water partition coefficient (Wildman–Crippen LogP) is 3.98. The molecule has 0 radical (unpaired) electrons. The lowest BCUT2D eigenvalue weighted by atomic mass is 10.2. The lowest BCUT2D eigenvalue weighted by Gasteiger charge is -2.10. The molecule has 1 heterocycles. The van der Waals surface area contributed by atoms with Gasteiger partial charge in [0.05, 0.1) is 22.4 Å². The Bertz CT molecular complexity index is 753. The van der Waals surface area contributed by atoms with Gasteiger partial charge in [0.2, 0.25) is 0 Å². The molecular weight excluding hydrogens is 280 g/mol. The summed E-state index contributed by atoms with van der Waals surface area (Å²) >= 11 is 7.39. The van der Waals surface area contributed by atoms with Gasteiger partial charge in [-0.3, -0.25) is 0 Å². The maximum atomic E-state index is 6.22. The molecule has 0 aliphatic carbocycles. The number of aryl methyl sites for hydroxylation is 1. The Morgan fingerprint density at radius 2 is 2.05 bits per heavy atom. The molecule has 3 rings (SSSR count). The first-order chi connectivity index (χ1) is 9.15. The molecule has 3 N–H and O–H groups in total. The molecule has 2 aromatic carbocycles. The first kappa shape index (κ1) is 12.2. The molecule has 6 heteroatoms. The SMILES string of the molecule is Cc1ccc(Nc2c(Cl)ccc3nsnc23)cc1N. The third-order valence-corrected chi connectivity index (χ3v) is 3.78. The summed E-state index contributed by atoms with van der Waals surface area (Å²) in [6.07, 6.45) is 0. The maximum Gasteiger partial charge on any atom is 0.129 e. The lowest BCUT2D eigenvalue weighted by Crippen LogP contribution is -1.95. The van der Waals surface area contributed by atoms with Gasteiger partial charge in [-0.2, -0.15) is 8.75 Å². The van der Waals surface area contributed by atoms with E-state index in [1.807, 2.05) is 37.3 Å². The number of hydrogen-bond acceptors (Lipinski definition) is 5. The van der Waals surface area contributed by atoms with Crippen molar-refractivity contribution in [3.8, 4) is 0 Å². The fourth-order valence-corrected chi connectivity index (χ4v) is 2.55. The Balaban J connectivity index is 2.07. The smallest absolute Gasteiger partial charge is 0.129 e. The molecule has 96 valence electrons. The molecule has 0 bridgehead atoms. The Kier molecular flexibility index (Phi) is 3.00. The van der Waals surface area contributed by atoms with Crippen molar-refractivity contribution in [1.29, 1.82) is 0 Å². The summed E-state index contributed by atoms with van der Waals surface area (Å²) in [7, 11) is 0. The van der Waals surface area contributed by atoms with Gasteiger partial charge in [-0.1, -0.05) is 17.7 Å². The summed E-state index contributed by atoms with van der Waals surface area (Å²) in [5, 5.41) is 3.87. The third-order valence-electron chi connectivity index (χ3n) is 2.93. The normalized spacial score (nSPS) is 10.8. The zero-order chi connectivity index (χ0) is 13.4. The molecule has 3 aromatic rings. The molecule has 4 nitrogen and oxygen atoms in total. The number of aromatic nitrogens is 2. The van der Waals surface area contributed by atoms with Crippen molar-refractivity contribution in [2.75, 3.05) is 11.1 Å². The summed E-state index contributed by atoms with van der Waals surface area (Å²) in [4.78, 5) is 0. The van der Waals surface area contributed by atoms with E-state index < -0.39 is 0 Å². The maximum absolute atomic E-state index is 6.22. The summed E-state index contributed by atoms with van der Waals surface area (Å²) < 4.78 is 8.47. The molecule has 0 aliphatic rings. The number of benzene rings is 2. The highest BCUT2D eigenvalue weighted by atomic mass is 35.5. The summed E-state index contributed by atoms with van der Waals surface area (Å²) in [6.45, 7) is 1.97. The standard InChI is InChI=1S/C13H11ClN4S/c1-7-2-3-8(6-10(7)15)16-12-9(14)4-5-11-13(12)18-19-17-11/h2-6,16H,15H2,1H3. The van der Waals surface area contributed by atoms with Crippen LogP contribution in [0, 0.1) is 6.92 Å². The van der Waals surface area contributed by atoms with Crippen LogP contribution in [-0.2, 0) is 0 Å². The van der Waals surface area contributed by atoms with Crippen LogP contribution < -0.4 is 11.1 Å². The van der Waals surface area contributed by atoms with Crippen LogP contribution >= 0.6 is 23.3 Å². The van der Waals surface area contributed by atoms with E-state index in [0.717, 1.165) is 33.7 Å². The number of nitrogens with one attached hydrogen (secondary N) is 1. The molecule has 0 saturated carbocycles. The largest absolute Gasteiger partial charge is 0.398 e. The third kappa shape index (κ3) is 2.22. The first-order valence-electron chi connectivity index (χ1n) is 5.69. The number of rotatable bonds is 2. The minimum atomic E-state index is 0.611. The average Bonchev–Trinajstić information content (AvgIpc) is 2.86. The topological polar surface area (TPSA) is 63.8 Å². The second-order valence-electron chi connectivity index (χ2n) is 4.25. The van der Waals surface area contributed by atoms with E-state index in [1.54, 1.807) is 0 Å². The van der Waals surface area contributed by atoms with Crippen molar-refractivity contribution in [2.45, 2.75) is 6.92 Å². The predicted molar refractivity (Wildman–Crippen MR) is 81.3 cm³/mol. The van der Waals surface area contributed by atoms with Crippen LogP contribution in [-0.4, -0.2) is 8.75 Å². The van der Waals surface area contributed by atoms with Crippen LogP contribution in [0.2, 0.25) is 5.02 Å². The number of nitrogens with zero attached hydrogens (tertiary/aromatic N) is 2. The second kappa shape index (κ2) is 4.68. The van der Waals surface area contributed by atoms with E-state index in [-0.39, 0.29) is 0 Å². The minimum Gasteiger partial charge on any atom is -0.398 e. The van der Waals surface area contributed by atoms with Gasteiger partial charge in [-0.25, -0.2) is 0 Å². The van der Waals surface area contributed by atoms with Crippen LogP contribution in [0.25, 0.3) is 11.0 Å². The van der Waals surface area contributed by atoms with E-state index in [4.69, 9.17) is 17.3 Å². The van der Waals surface area contributed by atoms with Gasteiger partial charge in [0.15, 0.2) is 0 Å². The van der Waals surface area contributed by atoms with E-state index in [2.05, 4.69) is 14.1 Å². The zero-order valence-electron chi connectivity index (χ0n) is 10.1. The minimum absolute atomic E-state index is 0.611. The quantitative estimate of drug-likeness (QED) is 0.701. The van der Waals surface area contributed by atoms with E-state index in [9.17, 15) is 0 Å². The first-order valence-corrected chi connectivity index (χ1v) is 6.80. The molecule has 0 aliphatic heterocycles. The van der Waals surface area contributed by atoms with Crippen molar-refractivity contribution in [3.63, 3.8) is 0 Å². The van der Waals surface area contributed by atoms with E-state index in [0.29, 0.717) is 5.02 Å². The lowest BCUT2D eigenvalue weighted by molar-refractivity contribution is 1.45. The molecule has 0 fully saturated rings. The van der Waals surface area contributed by atoms with Crippen molar-refractivity contribution < 1.29 is 0 Å². The molecule has 0 saturated heterocycles. The van der Waals surface area contributed by atoms with Gasteiger partial charge < -0.3 is 11.1 Å². The van der Waals surface area contributed by atoms with Gasteiger partial charge in [0.25, 0.3) is 0 Å². The van der Waals surface area contributed by atoms with E-state index in [1.165, 1.54) is 11.7 Å². The Morgan fingerprint density at radius 1 is 1.21 bits per heavy atom. The van der Waals surface area contributed by atoms with Gasteiger partial charge in [-0.05, 0) is 36.8 Å². The molecule has 0 atom stereocenters. The Labute approximate surface area is 119 Å². The molecule has 0 amide bonds. The molecule has 0 unspecified atom stereocenters. The van der Waals surface area contributed by atoms with Gasteiger partial charge >= 0.3 is 0 Å². The van der Waals surface area contributed by atoms with Gasteiger partial charge in [-0.15, -0.1) is 0 Å². The molecule has 1 aromatic heterocycles. The fraction of sp³-hybridized carbons (Fsp3) is 0.0769. The highest BCUT2D eigenvalue weighted by Gasteiger charge is 2.10. The van der Waals surface area contributed by atoms with Crippen LogP contribution in [0.4, 0.5) is 17.1 Å². The summed E-state index contributed by atoms with van der Waals surface area (Å²) in [6, 6.07) is 9.47. The number of anilines is 3. The van der Waals surface area contributed by atoms with Gasteiger partial charge in [0.1, 0.15) is 11.0 Å². The highest BCUT2D eigenvalue weighted by molar-refractivity contribution is 7.00. The fourth-order valence-electron chi connectivity index (χ4n) is 1.81. The highest BCUT2D eigenvalue weighted by Crippen LogP contribution is 2.33. The van der Waals surface area contributed by atoms with Crippen molar-refractivity contribution in [3.05, 3.63) is 40.9 Å². The van der Waals surface area contributed by atoms with Crippen LogP contribution in [0.3, 0.4) is 0 Å². The Morgan fingerprint density at radius 3 is 2.84 bits per heavy atom. The van der Waals surface area contributed by atoms with Crippen LogP contribution in [0.15, 0.2) is 30.3 Å². The molecule has 0 spiro atoms. The van der Waals surface area contributed by atoms with E-state index >= 15 is 0 Å². The average molecular weight is 291 g/mol. The van der Waals surface area contributed by atoms with Crippen molar-refractivity contribution >= 4 is 51.4 Å². The molecule has 19 heavy (non-hydrogen) atoms. The van der Waals surface area contributed by atoms with Crippen LogP contribution in [0.1, 0.15) is 5.56 Å². The van der Waals surface area contributed by atoms with Crippen molar-refractivity contribution in [1.82, 2.24) is 8.75 Å². The Hall–Kier alpha value is -1.85. The van der Waals surface area contributed by atoms with Crippen molar-refractivity contribution in [2.24, 2.45) is 0 Å². The number of fused-ring (bicyclic) bond motifs is 1. The summed E-state index contributed by atoms with van der Waals surface area (Å²) in [5.74, 6) is 0. The second-order valence-corrected chi connectivity index (χ2v) is 5.19. The van der Waals surface area contributed by atoms with Gasteiger partial charge in [0, 0.05) is 11.4 Å². The summed E-state index contributed by atoms with van der Waals surface area (Å²) in [5.41, 5.74) is 10.9. The number of nitrogens with two attached hydrogens (primary N) is 1.